The highest BCUT2D eigenvalue weighted by Crippen LogP contribution is 2.38. The number of fused-ring (bicyclic) bond motifs is 1. The Morgan fingerprint density at radius 3 is 2.80 bits per heavy atom. The lowest BCUT2D eigenvalue weighted by Crippen LogP contribution is -2.43. The van der Waals surface area contributed by atoms with Gasteiger partial charge in [0.2, 0.25) is 0 Å². The fraction of sp³-hybridized carbons (Fsp3) is 0.227. The summed E-state index contributed by atoms with van der Waals surface area (Å²) >= 11 is 0. The highest BCUT2D eigenvalue weighted by atomic mass is 16.5. The highest BCUT2D eigenvalue weighted by Gasteiger charge is 2.35. The lowest BCUT2D eigenvalue weighted by atomic mass is 9.95. The first-order valence-electron chi connectivity index (χ1n) is 9.53. The summed E-state index contributed by atoms with van der Waals surface area (Å²) in [7, 11) is 2.93. The number of nitrogens with zero attached hydrogens (tertiary/aromatic N) is 2. The Kier molecular flexibility index (Phi) is 5.38. The van der Waals surface area contributed by atoms with E-state index in [2.05, 4.69) is 15.3 Å². The molecule has 4 rings (SSSR count). The average molecular weight is 406 g/mol. The second kappa shape index (κ2) is 8.28. The molecule has 0 saturated heterocycles. The van der Waals surface area contributed by atoms with E-state index >= 15 is 0 Å². The molecule has 3 aromatic rings. The molecule has 2 amide bonds. The third-order valence-corrected chi connectivity index (χ3v) is 5.15. The SMILES string of the molecule is COC(=O)c1cccc(NC(=O)N2CCc3[nH]cnc3C2c2ccccc2OC)c1. The molecule has 2 heterocycles. The van der Waals surface area contributed by atoms with E-state index < -0.39 is 12.0 Å². The van der Waals surface area contributed by atoms with Gasteiger partial charge in [0.1, 0.15) is 11.8 Å². The van der Waals surface area contributed by atoms with Gasteiger partial charge in [-0.15, -0.1) is 0 Å². The Bertz CT molecular complexity index is 1080. The standard InChI is InChI=1S/C22H22N4O4/c1-29-18-9-4-3-8-16(18)20-19-17(23-13-24-19)10-11-26(20)22(28)25-15-7-5-6-14(12-15)21(27)30-2/h3-9,12-13,20H,10-11H2,1-2H3,(H,23,24)(H,25,28). The predicted octanol–water partition coefficient (Wildman–Crippen LogP) is 3.38. The topological polar surface area (TPSA) is 96.6 Å². The molecule has 0 spiro atoms. The molecule has 8 nitrogen and oxygen atoms in total. The van der Waals surface area contributed by atoms with E-state index in [0.29, 0.717) is 30.0 Å². The summed E-state index contributed by atoms with van der Waals surface area (Å²) in [6, 6.07) is 13.6. The number of anilines is 1. The van der Waals surface area contributed by atoms with Crippen LogP contribution in [0.4, 0.5) is 10.5 Å². The maximum atomic E-state index is 13.3. The van der Waals surface area contributed by atoms with E-state index in [1.165, 1.54) is 7.11 Å². The van der Waals surface area contributed by atoms with Crippen molar-refractivity contribution in [1.82, 2.24) is 14.9 Å². The predicted molar refractivity (Wildman–Crippen MR) is 111 cm³/mol. The molecule has 0 bridgehead atoms. The monoisotopic (exact) mass is 406 g/mol. The van der Waals surface area contributed by atoms with Crippen molar-refractivity contribution in [3.63, 3.8) is 0 Å². The molecule has 154 valence electrons. The first kappa shape index (κ1) is 19.5. The van der Waals surface area contributed by atoms with Gasteiger partial charge in [0, 0.05) is 29.9 Å². The number of benzene rings is 2. The number of H-pyrrole nitrogens is 1. The van der Waals surface area contributed by atoms with Crippen molar-refractivity contribution >= 4 is 17.7 Å². The van der Waals surface area contributed by atoms with Crippen molar-refractivity contribution < 1.29 is 19.1 Å². The third-order valence-electron chi connectivity index (χ3n) is 5.15. The maximum Gasteiger partial charge on any atom is 0.337 e. The van der Waals surface area contributed by atoms with Crippen molar-refractivity contribution in [3.05, 3.63) is 77.4 Å². The van der Waals surface area contributed by atoms with E-state index in [-0.39, 0.29) is 6.03 Å². The highest BCUT2D eigenvalue weighted by molar-refractivity contribution is 5.94. The first-order chi connectivity index (χ1) is 14.6. The van der Waals surface area contributed by atoms with Crippen LogP contribution in [0.1, 0.15) is 33.4 Å². The van der Waals surface area contributed by atoms with Crippen LogP contribution in [0.15, 0.2) is 54.9 Å². The fourth-order valence-electron chi connectivity index (χ4n) is 3.74. The number of para-hydroxylation sites is 1. The number of aromatic nitrogens is 2. The van der Waals surface area contributed by atoms with Crippen LogP contribution >= 0.6 is 0 Å². The Balaban J connectivity index is 1.67. The third kappa shape index (κ3) is 3.59. The number of carbonyl (C=O) groups is 2. The molecule has 30 heavy (non-hydrogen) atoms. The van der Waals surface area contributed by atoms with Gasteiger partial charge in [-0.2, -0.15) is 0 Å². The van der Waals surface area contributed by atoms with Gasteiger partial charge in [0.15, 0.2) is 0 Å². The minimum atomic E-state index is -0.461. The number of ether oxygens (including phenoxy) is 2. The fourth-order valence-corrected chi connectivity index (χ4v) is 3.74. The summed E-state index contributed by atoms with van der Waals surface area (Å²) in [6.07, 6.45) is 2.31. The molecule has 0 fully saturated rings. The van der Waals surface area contributed by atoms with Crippen molar-refractivity contribution in [1.29, 1.82) is 0 Å². The van der Waals surface area contributed by atoms with Gasteiger partial charge < -0.3 is 24.7 Å². The molecule has 8 heteroatoms. The smallest absolute Gasteiger partial charge is 0.337 e. The van der Waals surface area contributed by atoms with Crippen LogP contribution < -0.4 is 10.1 Å². The molecule has 1 atom stereocenters. The van der Waals surface area contributed by atoms with Crippen LogP contribution in [0.3, 0.4) is 0 Å². The summed E-state index contributed by atoms with van der Waals surface area (Å²) in [4.78, 5) is 34.4. The minimum Gasteiger partial charge on any atom is -0.496 e. The molecule has 0 aliphatic carbocycles. The Labute approximate surface area is 173 Å². The number of aromatic amines is 1. The molecule has 2 aromatic carbocycles. The lowest BCUT2D eigenvalue weighted by molar-refractivity contribution is 0.0600. The van der Waals surface area contributed by atoms with Crippen LogP contribution in [0.25, 0.3) is 0 Å². The Morgan fingerprint density at radius 1 is 1.17 bits per heavy atom. The number of amides is 2. The normalized spacial score (nSPS) is 15.3. The number of imidazole rings is 1. The van der Waals surface area contributed by atoms with Gasteiger partial charge in [-0.05, 0) is 24.3 Å². The number of hydrogen-bond donors (Lipinski definition) is 2. The van der Waals surface area contributed by atoms with Crippen molar-refractivity contribution in [2.45, 2.75) is 12.5 Å². The Hall–Kier alpha value is -3.81. The number of methoxy groups -OCH3 is 2. The summed E-state index contributed by atoms with van der Waals surface area (Å²) in [5.41, 5.74) is 3.53. The largest absolute Gasteiger partial charge is 0.496 e. The van der Waals surface area contributed by atoms with E-state index in [0.717, 1.165) is 17.0 Å². The zero-order valence-electron chi connectivity index (χ0n) is 16.7. The van der Waals surface area contributed by atoms with E-state index in [9.17, 15) is 9.59 Å². The van der Waals surface area contributed by atoms with Gasteiger partial charge in [0.25, 0.3) is 0 Å². The number of carbonyl (C=O) groups excluding carboxylic acids is 2. The van der Waals surface area contributed by atoms with Crippen molar-refractivity contribution in [2.24, 2.45) is 0 Å². The maximum absolute atomic E-state index is 13.3. The van der Waals surface area contributed by atoms with E-state index in [4.69, 9.17) is 9.47 Å². The van der Waals surface area contributed by atoms with E-state index in [1.807, 2.05) is 24.3 Å². The van der Waals surface area contributed by atoms with Crippen LogP contribution in [0.5, 0.6) is 5.75 Å². The molecule has 1 unspecified atom stereocenters. The van der Waals surface area contributed by atoms with Crippen LogP contribution in [-0.2, 0) is 11.2 Å². The van der Waals surface area contributed by atoms with Crippen molar-refractivity contribution in [3.8, 4) is 5.75 Å². The number of hydrogen-bond acceptors (Lipinski definition) is 5. The van der Waals surface area contributed by atoms with Gasteiger partial charge in [0.05, 0.1) is 31.8 Å². The molecule has 1 aromatic heterocycles. The van der Waals surface area contributed by atoms with Crippen LogP contribution in [0, 0.1) is 0 Å². The number of nitrogens with one attached hydrogen (secondary N) is 2. The Morgan fingerprint density at radius 2 is 2.00 bits per heavy atom. The number of urea groups is 1. The van der Waals surface area contributed by atoms with Crippen LogP contribution in [-0.4, -0.2) is 47.6 Å². The molecule has 0 saturated carbocycles. The average Bonchev–Trinajstić information content (AvgIpc) is 3.27. The quantitative estimate of drug-likeness (QED) is 0.648. The minimum absolute atomic E-state index is 0.290. The van der Waals surface area contributed by atoms with Gasteiger partial charge in [-0.1, -0.05) is 24.3 Å². The number of rotatable bonds is 4. The van der Waals surface area contributed by atoms with Crippen LogP contribution in [0.2, 0.25) is 0 Å². The van der Waals surface area contributed by atoms with Gasteiger partial charge in [-0.3, -0.25) is 0 Å². The summed E-state index contributed by atoms with van der Waals surface area (Å²) < 4.78 is 10.3. The van der Waals surface area contributed by atoms with E-state index in [1.54, 1.807) is 42.6 Å². The number of esters is 1. The summed E-state index contributed by atoms with van der Waals surface area (Å²) in [5.74, 6) is 0.223. The molecule has 2 N–H and O–H groups in total. The molecular formula is C22H22N4O4. The second-order valence-electron chi connectivity index (χ2n) is 6.86. The second-order valence-corrected chi connectivity index (χ2v) is 6.86. The summed E-state index contributed by atoms with van der Waals surface area (Å²) in [6.45, 7) is 0.500. The zero-order valence-corrected chi connectivity index (χ0v) is 16.7. The first-order valence-corrected chi connectivity index (χ1v) is 9.53. The van der Waals surface area contributed by atoms with Gasteiger partial charge >= 0.3 is 12.0 Å². The lowest BCUT2D eigenvalue weighted by Gasteiger charge is -2.35. The molecule has 1 aliphatic rings. The molecular weight excluding hydrogens is 384 g/mol. The summed E-state index contributed by atoms with van der Waals surface area (Å²) in [5, 5.41) is 2.89. The zero-order chi connectivity index (χ0) is 21.1. The molecule has 0 radical (unpaired) electrons. The van der Waals surface area contributed by atoms with Crippen molar-refractivity contribution in [2.75, 3.05) is 26.1 Å². The van der Waals surface area contributed by atoms with Gasteiger partial charge in [-0.25, -0.2) is 14.6 Å². The molecule has 1 aliphatic heterocycles.